The summed E-state index contributed by atoms with van der Waals surface area (Å²) in [5, 5.41) is 1.04. The number of hydrogen-bond acceptors (Lipinski definition) is 6. The summed E-state index contributed by atoms with van der Waals surface area (Å²) in [6.07, 6.45) is 1.53. The standard InChI is InChI=1S/C31H22N4O3S2/c36-28(34-24-15-7-9-17-26(24)40-27-18-10-8-16-25(27)34)20-32-35-30(38)23(19-21-11-3-1-4-12-21)29(37)33(31(35)39)22-13-5-2-6-14-22/h1-19,32H,20H2. The number of anilines is 3. The van der Waals surface area contributed by atoms with E-state index in [9.17, 15) is 14.4 Å². The first-order chi connectivity index (χ1) is 19.5. The van der Waals surface area contributed by atoms with Crippen LogP contribution < -0.4 is 15.2 Å². The van der Waals surface area contributed by atoms with E-state index in [4.69, 9.17) is 12.2 Å². The molecule has 0 aliphatic carbocycles. The fourth-order valence-corrected chi connectivity index (χ4v) is 5.98. The van der Waals surface area contributed by atoms with E-state index in [1.807, 2.05) is 72.8 Å². The zero-order chi connectivity index (χ0) is 27.6. The van der Waals surface area contributed by atoms with Gasteiger partial charge >= 0.3 is 0 Å². The molecule has 0 saturated carbocycles. The van der Waals surface area contributed by atoms with Crippen molar-refractivity contribution < 1.29 is 14.4 Å². The van der Waals surface area contributed by atoms with Crippen molar-refractivity contribution in [1.82, 2.24) is 10.4 Å². The first kappa shape index (κ1) is 25.7. The number of nitrogens with one attached hydrogen (secondary N) is 1. The monoisotopic (exact) mass is 562 g/mol. The van der Waals surface area contributed by atoms with Gasteiger partial charge in [-0.3, -0.25) is 24.2 Å². The lowest BCUT2D eigenvalue weighted by molar-refractivity contribution is -0.130. The SMILES string of the molecule is O=C1C(=Cc2ccccc2)C(=O)N(c2ccccc2)C(=S)N1NCC(=O)N1c2ccccc2Sc2ccccc21. The van der Waals surface area contributed by atoms with Crippen molar-refractivity contribution >= 4 is 70.0 Å². The second-order valence-corrected chi connectivity index (χ2v) is 10.4. The highest BCUT2D eigenvalue weighted by molar-refractivity contribution is 7.99. The molecular weight excluding hydrogens is 541 g/mol. The van der Waals surface area contributed by atoms with Crippen LogP contribution in [0.3, 0.4) is 0 Å². The van der Waals surface area contributed by atoms with Crippen LogP contribution in [0.1, 0.15) is 5.56 Å². The summed E-state index contributed by atoms with van der Waals surface area (Å²) in [5.41, 5.74) is 5.57. The Bertz CT molecular complexity index is 1630. The predicted molar refractivity (Wildman–Crippen MR) is 160 cm³/mol. The first-order valence-corrected chi connectivity index (χ1v) is 13.7. The topological polar surface area (TPSA) is 73.0 Å². The Morgan fingerprint density at radius 2 is 1.30 bits per heavy atom. The van der Waals surface area contributed by atoms with E-state index in [0.29, 0.717) is 11.3 Å². The molecule has 6 rings (SSSR count). The van der Waals surface area contributed by atoms with Crippen LogP contribution in [0, 0.1) is 0 Å². The molecule has 0 aromatic heterocycles. The number of para-hydroxylation sites is 3. The van der Waals surface area contributed by atoms with Crippen molar-refractivity contribution in [2.24, 2.45) is 0 Å². The van der Waals surface area contributed by atoms with Crippen molar-refractivity contribution in [3.05, 3.63) is 120 Å². The van der Waals surface area contributed by atoms with Crippen LogP contribution in [0.4, 0.5) is 17.1 Å². The Labute approximate surface area is 240 Å². The minimum absolute atomic E-state index is 0.0609. The molecule has 4 aromatic rings. The predicted octanol–water partition coefficient (Wildman–Crippen LogP) is 5.56. The molecule has 0 bridgehead atoms. The summed E-state index contributed by atoms with van der Waals surface area (Å²) in [6.45, 7) is -0.241. The molecule has 196 valence electrons. The maximum Gasteiger partial charge on any atom is 0.280 e. The third-order valence-corrected chi connectivity index (χ3v) is 7.94. The molecule has 0 atom stereocenters. The van der Waals surface area contributed by atoms with Crippen LogP contribution >= 0.6 is 24.0 Å². The minimum atomic E-state index is -0.631. The van der Waals surface area contributed by atoms with Crippen molar-refractivity contribution in [2.45, 2.75) is 9.79 Å². The highest BCUT2D eigenvalue weighted by atomic mass is 32.2. The first-order valence-electron chi connectivity index (χ1n) is 12.5. The number of fused-ring (bicyclic) bond motifs is 2. The zero-order valence-electron chi connectivity index (χ0n) is 21.1. The molecule has 0 unspecified atom stereocenters. The Balaban J connectivity index is 1.33. The fraction of sp³-hybridized carbons (Fsp3) is 0.0323. The average Bonchev–Trinajstić information content (AvgIpc) is 2.99. The Kier molecular flexibility index (Phi) is 7.00. The fourth-order valence-electron chi connectivity index (χ4n) is 4.59. The van der Waals surface area contributed by atoms with E-state index in [1.54, 1.807) is 53.1 Å². The summed E-state index contributed by atoms with van der Waals surface area (Å²) in [7, 11) is 0. The van der Waals surface area contributed by atoms with Crippen molar-refractivity contribution in [3.8, 4) is 0 Å². The highest BCUT2D eigenvalue weighted by Gasteiger charge is 2.41. The summed E-state index contributed by atoms with van der Waals surface area (Å²) in [5.74, 6) is -1.45. The molecule has 2 aliphatic rings. The maximum atomic E-state index is 13.7. The number of carbonyl (C=O) groups excluding carboxylic acids is 3. The van der Waals surface area contributed by atoms with Gasteiger partial charge in [-0.05, 0) is 60.3 Å². The van der Waals surface area contributed by atoms with Gasteiger partial charge in [0.25, 0.3) is 11.8 Å². The molecule has 1 fully saturated rings. The number of thiocarbonyl (C=S) groups is 1. The maximum absolute atomic E-state index is 13.7. The normalized spacial score (nSPS) is 15.8. The van der Waals surface area contributed by atoms with E-state index in [-0.39, 0.29) is 23.1 Å². The molecule has 7 nitrogen and oxygen atoms in total. The van der Waals surface area contributed by atoms with Crippen LogP contribution in [0.5, 0.6) is 0 Å². The lowest BCUT2D eigenvalue weighted by atomic mass is 10.1. The molecule has 0 radical (unpaired) electrons. The summed E-state index contributed by atoms with van der Waals surface area (Å²) >= 11 is 7.23. The van der Waals surface area contributed by atoms with Crippen LogP contribution in [-0.4, -0.2) is 34.4 Å². The van der Waals surface area contributed by atoms with Gasteiger partial charge in [-0.1, -0.05) is 84.6 Å². The summed E-state index contributed by atoms with van der Waals surface area (Å²) in [6, 6.07) is 33.3. The minimum Gasteiger partial charge on any atom is -0.278 e. The molecule has 1 saturated heterocycles. The number of amides is 3. The molecule has 9 heteroatoms. The van der Waals surface area contributed by atoms with Gasteiger partial charge < -0.3 is 0 Å². The highest BCUT2D eigenvalue weighted by Crippen LogP contribution is 2.47. The zero-order valence-corrected chi connectivity index (χ0v) is 22.7. The molecule has 1 N–H and O–H groups in total. The van der Waals surface area contributed by atoms with Crippen LogP contribution in [0.25, 0.3) is 6.08 Å². The average molecular weight is 563 g/mol. The molecule has 2 aliphatic heterocycles. The molecule has 2 heterocycles. The van der Waals surface area contributed by atoms with Gasteiger partial charge in [-0.2, -0.15) is 0 Å². The van der Waals surface area contributed by atoms with Gasteiger partial charge in [-0.15, -0.1) is 0 Å². The number of carbonyl (C=O) groups is 3. The smallest absolute Gasteiger partial charge is 0.278 e. The molecule has 40 heavy (non-hydrogen) atoms. The van der Waals surface area contributed by atoms with Crippen molar-refractivity contribution in [1.29, 1.82) is 0 Å². The second-order valence-electron chi connectivity index (χ2n) is 8.97. The molecule has 4 aromatic carbocycles. The lowest BCUT2D eigenvalue weighted by Gasteiger charge is -2.37. The van der Waals surface area contributed by atoms with Crippen molar-refractivity contribution in [2.75, 3.05) is 16.3 Å². The van der Waals surface area contributed by atoms with E-state index in [0.717, 1.165) is 26.2 Å². The van der Waals surface area contributed by atoms with E-state index in [2.05, 4.69) is 5.43 Å². The Morgan fingerprint density at radius 1 is 0.750 bits per heavy atom. The molecule has 0 spiro atoms. The molecule has 3 amide bonds. The number of rotatable bonds is 5. The Hall–Kier alpha value is -4.57. The van der Waals surface area contributed by atoms with Crippen LogP contribution in [0.2, 0.25) is 0 Å². The number of nitrogens with zero attached hydrogens (tertiary/aromatic N) is 3. The van der Waals surface area contributed by atoms with E-state index in [1.165, 1.54) is 11.0 Å². The Morgan fingerprint density at radius 3 is 1.93 bits per heavy atom. The lowest BCUT2D eigenvalue weighted by Crippen LogP contribution is -2.62. The van der Waals surface area contributed by atoms with Gasteiger partial charge in [0.2, 0.25) is 11.0 Å². The summed E-state index contributed by atoms with van der Waals surface area (Å²) < 4.78 is 0. The third-order valence-electron chi connectivity index (χ3n) is 6.44. The van der Waals surface area contributed by atoms with Gasteiger partial charge in [0.1, 0.15) is 5.57 Å². The molecular formula is C31H22N4O3S2. The van der Waals surface area contributed by atoms with Gasteiger partial charge in [-0.25, -0.2) is 10.4 Å². The van der Waals surface area contributed by atoms with Gasteiger partial charge in [0.05, 0.1) is 23.6 Å². The number of benzene rings is 4. The quantitative estimate of drug-likeness (QED) is 0.195. The van der Waals surface area contributed by atoms with E-state index >= 15 is 0 Å². The number of hydrogen-bond donors (Lipinski definition) is 1. The van der Waals surface area contributed by atoms with Gasteiger partial charge in [0.15, 0.2) is 0 Å². The third kappa shape index (κ3) is 4.71. The van der Waals surface area contributed by atoms with Crippen LogP contribution in [0.15, 0.2) is 125 Å². The number of hydrazine groups is 1. The van der Waals surface area contributed by atoms with Crippen LogP contribution in [-0.2, 0) is 14.4 Å². The van der Waals surface area contributed by atoms with Gasteiger partial charge in [0, 0.05) is 9.79 Å². The van der Waals surface area contributed by atoms with E-state index < -0.39 is 11.8 Å². The summed E-state index contributed by atoms with van der Waals surface area (Å²) in [4.78, 5) is 45.8. The second kappa shape index (κ2) is 10.9. The van der Waals surface area contributed by atoms with Crippen molar-refractivity contribution in [3.63, 3.8) is 0 Å². The largest absolute Gasteiger partial charge is 0.280 e.